The van der Waals surface area contributed by atoms with Crippen LogP contribution in [0.4, 0.5) is 4.79 Å². The summed E-state index contributed by atoms with van der Waals surface area (Å²) in [5, 5.41) is 4.18. The molecular weight excluding hydrogens is 372 g/mol. The Hall–Kier alpha value is -1.99. The van der Waals surface area contributed by atoms with Gasteiger partial charge in [0.25, 0.3) is 5.91 Å². The third-order valence-electron chi connectivity index (χ3n) is 6.66. The van der Waals surface area contributed by atoms with Crippen molar-refractivity contribution in [1.82, 2.24) is 15.2 Å². The number of piperidine rings is 1. The van der Waals surface area contributed by atoms with E-state index in [2.05, 4.69) is 17.4 Å². The number of amides is 3. The number of hydrogen-bond donors (Lipinski definition) is 2. The zero-order valence-electron chi connectivity index (χ0n) is 16.1. The number of fused-ring (bicyclic) bond motifs is 1. The molecule has 3 heterocycles. The minimum Gasteiger partial charge on any atom is -0.323 e. The number of carbonyl (C=O) groups excluding carboxylic acids is 2. The third kappa shape index (κ3) is 3.01. The second-order valence-corrected chi connectivity index (χ2v) is 9.50. The largest absolute Gasteiger partial charge is 0.329 e. The molecule has 2 atom stereocenters. The average molecular weight is 400 g/mol. The van der Waals surface area contributed by atoms with Crippen LogP contribution >= 0.6 is 11.3 Å². The molecule has 1 aromatic carbocycles. The zero-order chi connectivity index (χ0) is 19.1. The fourth-order valence-corrected chi connectivity index (χ4v) is 6.28. The van der Waals surface area contributed by atoms with Gasteiger partial charge in [0.05, 0.1) is 16.8 Å². The van der Waals surface area contributed by atoms with Crippen molar-refractivity contribution in [3.63, 3.8) is 0 Å². The molecule has 1 spiro atoms. The van der Waals surface area contributed by atoms with Gasteiger partial charge in [-0.15, -0.1) is 11.3 Å². The summed E-state index contributed by atoms with van der Waals surface area (Å²) in [4.78, 5) is 33.5. The Kier molecular flexibility index (Phi) is 4.59. The van der Waals surface area contributed by atoms with Crippen molar-refractivity contribution in [2.75, 3.05) is 13.2 Å². The van der Waals surface area contributed by atoms with Crippen molar-refractivity contribution in [2.45, 2.75) is 62.9 Å². The molecule has 0 bridgehead atoms. The summed E-state index contributed by atoms with van der Waals surface area (Å²) in [6, 6.07) is 8.30. The Balaban J connectivity index is 1.38. The predicted octanol–water partition coefficient (Wildman–Crippen LogP) is 2.62. The van der Waals surface area contributed by atoms with Crippen molar-refractivity contribution < 1.29 is 14.5 Å². The summed E-state index contributed by atoms with van der Waals surface area (Å²) < 4.78 is 1.21. The fraction of sp³-hybridized carbons (Fsp3) is 0.571. The molecular formula is C21H27N4O2S+. The number of benzene rings is 1. The number of imide groups is 1. The lowest BCUT2D eigenvalue weighted by molar-refractivity contribution is -0.943. The van der Waals surface area contributed by atoms with Crippen molar-refractivity contribution in [3.8, 4) is 0 Å². The highest BCUT2D eigenvalue weighted by Crippen LogP contribution is 2.34. The molecule has 5 rings (SSSR count). The van der Waals surface area contributed by atoms with Crippen LogP contribution in [0.15, 0.2) is 24.3 Å². The van der Waals surface area contributed by atoms with Gasteiger partial charge < -0.3 is 10.2 Å². The number of nitrogens with zero attached hydrogens (tertiary/aromatic N) is 2. The number of hydrogen-bond acceptors (Lipinski definition) is 4. The number of quaternary nitrogens is 1. The lowest BCUT2D eigenvalue weighted by Gasteiger charge is -2.34. The Morgan fingerprint density at radius 2 is 1.96 bits per heavy atom. The number of nitrogens with one attached hydrogen (secondary N) is 2. The van der Waals surface area contributed by atoms with Crippen molar-refractivity contribution in [2.24, 2.45) is 0 Å². The molecule has 0 radical (unpaired) electrons. The van der Waals surface area contributed by atoms with Crippen LogP contribution in [-0.2, 0) is 4.79 Å². The Morgan fingerprint density at radius 1 is 1.14 bits per heavy atom. The molecule has 148 valence electrons. The van der Waals surface area contributed by atoms with Gasteiger partial charge in [0, 0.05) is 6.42 Å². The average Bonchev–Trinajstić information content (AvgIpc) is 3.24. The van der Waals surface area contributed by atoms with E-state index in [-0.39, 0.29) is 18.0 Å². The number of likely N-dealkylation sites (tertiary alicyclic amines) is 1. The van der Waals surface area contributed by atoms with E-state index in [1.54, 1.807) is 11.3 Å². The summed E-state index contributed by atoms with van der Waals surface area (Å²) in [6.45, 7) is 1.43. The maximum atomic E-state index is 13.2. The Bertz CT molecular complexity index is 872. The topological polar surface area (TPSA) is 66.7 Å². The van der Waals surface area contributed by atoms with Crippen molar-refractivity contribution in [1.29, 1.82) is 0 Å². The molecule has 1 aliphatic carbocycles. The predicted molar refractivity (Wildman–Crippen MR) is 108 cm³/mol. The van der Waals surface area contributed by atoms with E-state index in [0.29, 0.717) is 6.67 Å². The van der Waals surface area contributed by atoms with Gasteiger partial charge in [-0.3, -0.25) is 4.79 Å². The highest BCUT2D eigenvalue weighted by Gasteiger charge is 2.52. The standard InChI is InChI=1S/C21H26N4O2S/c26-19-21(11-5-1-6-12-21)23-20(27)25(19)14-24-13-7-4-9-16(24)18-22-15-8-2-3-10-17(15)28-18/h2-3,8,10,16H,1,4-7,9,11-14H2,(H,23,27)/p+1/t16-/m1/s1. The molecule has 2 N–H and O–H groups in total. The number of aromatic nitrogens is 1. The van der Waals surface area contributed by atoms with E-state index in [9.17, 15) is 9.59 Å². The summed E-state index contributed by atoms with van der Waals surface area (Å²) in [5.74, 6) is -0.00155. The first-order valence-corrected chi connectivity index (χ1v) is 11.3. The maximum absolute atomic E-state index is 13.2. The molecule has 2 saturated heterocycles. The van der Waals surface area contributed by atoms with Crippen LogP contribution in [0.3, 0.4) is 0 Å². The van der Waals surface area contributed by atoms with Gasteiger partial charge >= 0.3 is 6.03 Å². The van der Waals surface area contributed by atoms with E-state index >= 15 is 0 Å². The zero-order valence-corrected chi connectivity index (χ0v) is 16.9. The third-order valence-corrected chi connectivity index (χ3v) is 7.81. The van der Waals surface area contributed by atoms with Crippen LogP contribution in [0.2, 0.25) is 0 Å². The van der Waals surface area contributed by atoms with E-state index in [1.807, 2.05) is 12.1 Å². The molecule has 6 nitrogen and oxygen atoms in total. The highest BCUT2D eigenvalue weighted by atomic mass is 32.1. The van der Waals surface area contributed by atoms with Crippen LogP contribution in [-0.4, -0.2) is 40.6 Å². The highest BCUT2D eigenvalue weighted by molar-refractivity contribution is 7.18. The number of thiazole rings is 1. The monoisotopic (exact) mass is 399 g/mol. The molecule has 3 amide bonds. The van der Waals surface area contributed by atoms with Gasteiger partial charge in [-0.2, -0.15) is 0 Å². The smallest absolute Gasteiger partial charge is 0.323 e. The SMILES string of the molecule is O=C1NC2(CCCCC2)C(=O)N1C[NH+]1CCCC[C@@H]1c1nc2ccccc2s1. The molecule has 1 unspecified atom stereocenters. The number of carbonyl (C=O) groups is 2. The molecule has 2 aliphatic heterocycles. The summed E-state index contributed by atoms with van der Waals surface area (Å²) in [6.07, 6.45) is 8.12. The second kappa shape index (κ2) is 7.12. The minimum absolute atomic E-state index is 0.00155. The summed E-state index contributed by atoms with van der Waals surface area (Å²) >= 11 is 1.75. The molecule has 7 heteroatoms. The lowest BCUT2D eigenvalue weighted by atomic mass is 9.82. The first kappa shape index (κ1) is 18.1. The van der Waals surface area contributed by atoms with Gasteiger partial charge in [0.2, 0.25) is 0 Å². The van der Waals surface area contributed by atoms with Gasteiger partial charge in [-0.25, -0.2) is 14.7 Å². The summed E-state index contributed by atoms with van der Waals surface area (Å²) in [7, 11) is 0. The molecule has 3 fully saturated rings. The minimum atomic E-state index is -0.629. The Morgan fingerprint density at radius 3 is 2.79 bits per heavy atom. The second-order valence-electron chi connectivity index (χ2n) is 8.44. The number of rotatable bonds is 3. The van der Waals surface area contributed by atoms with E-state index in [4.69, 9.17) is 4.98 Å². The van der Waals surface area contributed by atoms with Crippen molar-refractivity contribution >= 4 is 33.5 Å². The van der Waals surface area contributed by atoms with Crippen LogP contribution in [0.25, 0.3) is 10.2 Å². The maximum Gasteiger partial charge on any atom is 0.329 e. The Labute approximate surface area is 168 Å². The normalized spacial score (nSPS) is 27.5. The first-order chi connectivity index (χ1) is 13.7. The molecule has 28 heavy (non-hydrogen) atoms. The number of para-hydroxylation sites is 1. The van der Waals surface area contributed by atoms with Crippen LogP contribution in [0.1, 0.15) is 62.4 Å². The summed E-state index contributed by atoms with van der Waals surface area (Å²) in [5.41, 5.74) is 0.416. The van der Waals surface area contributed by atoms with Gasteiger partial charge in [0.15, 0.2) is 11.7 Å². The molecule has 1 saturated carbocycles. The van der Waals surface area contributed by atoms with Crippen molar-refractivity contribution in [3.05, 3.63) is 29.3 Å². The molecule has 1 aromatic heterocycles. The van der Waals surface area contributed by atoms with E-state index in [0.717, 1.165) is 62.0 Å². The van der Waals surface area contributed by atoms with Crippen LogP contribution in [0.5, 0.6) is 0 Å². The molecule has 2 aromatic rings. The van der Waals surface area contributed by atoms with Crippen LogP contribution < -0.4 is 10.2 Å². The first-order valence-electron chi connectivity index (χ1n) is 10.5. The number of urea groups is 1. The van der Waals surface area contributed by atoms with Gasteiger partial charge in [-0.05, 0) is 37.8 Å². The quantitative estimate of drug-likeness (QED) is 0.780. The van der Waals surface area contributed by atoms with Gasteiger partial charge in [-0.1, -0.05) is 31.4 Å². The lowest BCUT2D eigenvalue weighted by Crippen LogP contribution is -3.14. The van der Waals surface area contributed by atoms with Crippen LogP contribution in [0, 0.1) is 0 Å². The van der Waals surface area contributed by atoms with E-state index in [1.165, 1.54) is 20.9 Å². The van der Waals surface area contributed by atoms with E-state index < -0.39 is 5.54 Å². The van der Waals surface area contributed by atoms with Gasteiger partial charge in [0.1, 0.15) is 11.6 Å². The fourth-order valence-electron chi connectivity index (χ4n) is 5.12. The molecule has 3 aliphatic rings.